The number of hydrogen-bond donors (Lipinski definition) is 1. The molecule has 0 aliphatic rings. The number of carbonyl (C=O) groups is 2. The first-order valence-corrected chi connectivity index (χ1v) is 10.9. The zero-order valence-corrected chi connectivity index (χ0v) is 19.1. The lowest BCUT2D eigenvalue weighted by atomic mass is 10.1. The SMILES string of the molecule is O=C(/C=C/c1ccc(Cl)c(Cl)c1)Oc1ccc2cc(C(=O)NCc3ccccc3)c(=O)oc2c1. The monoisotopic (exact) mass is 493 g/mol. The van der Waals surface area contributed by atoms with Crippen LogP contribution in [0.25, 0.3) is 17.0 Å². The molecule has 0 saturated carbocycles. The topological polar surface area (TPSA) is 85.6 Å². The van der Waals surface area contributed by atoms with E-state index in [9.17, 15) is 14.4 Å². The Morgan fingerprint density at radius 3 is 2.50 bits per heavy atom. The lowest BCUT2D eigenvalue weighted by molar-refractivity contribution is -0.128. The maximum atomic E-state index is 12.5. The van der Waals surface area contributed by atoms with E-state index in [0.29, 0.717) is 21.0 Å². The molecule has 0 spiro atoms. The van der Waals surface area contributed by atoms with Gasteiger partial charge in [-0.25, -0.2) is 9.59 Å². The van der Waals surface area contributed by atoms with Crippen LogP contribution in [0, 0.1) is 0 Å². The summed E-state index contributed by atoms with van der Waals surface area (Å²) in [5.41, 5.74) is 0.858. The normalized spacial score (nSPS) is 11.0. The second-order valence-electron chi connectivity index (χ2n) is 7.24. The Labute approximate surface area is 204 Å². The van der Waals surface area contributed by atoms with Crippen LogP contribution in [0.1, 0.15) is 21.5 Å². The molecule has 4 aromatic rings. The number of esters is 1. The molecule has 34 heavy (non-hydrogen) atoms. The summed E-state index contributed by atoms with van der Waals surface area (Å²) in [6.07, 6.45) is 2.77. The van der Waals surface area contributed by atoms with Gasteiger partial charge in [-0.1, -0.05) is 59.6 Å². The predicted octanol–water partition coefficient (Wildman–Crippen LogP) is 5.65. The van der Waals surface area contributed by atoms with Crippen molar-refractivity contribution in [3.8, 4) is 5.75 Å². The molecule has 3 aromatic carbocycles. The Morgan fingerprint density at radius 2 is 1.74 bits per heavy atom. The Hall–Kier alpha value is -3.87. The molecule has 0 radical (unpaired) electrons. The van der Waals surface area contributed by atoms with Gasteiger partial charge in [-0.2, -0.15) is 0 Å². The fraction of sp³-hybridized carbons (Fsp3) is 0.0385. The number of benzene rings is 3. The van der Waals surface area contributed by atoms with Crippen LogP contribution in [0.5, 0.6) is 5.75 Å². The molecule has 0 aliphatic heterocycles. The number of rotatable bonds is 6. The maximum Gasteiger partial charge on any atom is 0.349 e. The van der Waals surface area contributed by atoms with Crippen LogP contribution >= 0.6 is 23.2 Å². The Bertz CT molecular complexity index is 1460. The van der Waals surface area contributed by atoms with Gasteiger partial charge in [0.05, 0.1) is 10.0 Å². The second kappa shape index (κ2) is 10.4. The van der Waals surface area contributed by atoms with Gasteiger partial charge < -0.3 is 14.5 Å². The third-order valence-electron chi connectivity index (χ3n) is 4.82. The minimum atomic E-state index is -0.791. The van der Waals surface area contributed by atoms with E-state index in [1.54, 1.807) is 30.3 Å². The van der Waals surface area contributed by atoms with E-state index in [2.05, 4.69) is 5.32 Å². The maximum absolute atomic E-state index is 12.5. The van der Waals surface area contributed by atoms with Crippen molar-refractivity contribution in [3.05, 3.63) is 116 Å². The summed E-state index contributed by atoms with van der Waals surface area (Å²) in [4.78, 5) is 37.0. The number of hydrogen-bond acceptors (Lipinski definition) is 5. The van der Waals surface area contributed by atoms with Crippen LogP contribution in [0.2, 0.25) is 10.0 Å². The third-order valence-corrected chi connectivity index (χ3v) is 5.56. The molecule has 0 atom stereocenters. The summed E-state index contributed by atoms with van der Waals surface area (Å²) < 4.78 is 10.6. The molecular weight excluding hydrogens is 477 g/mol. The standard InChI is InChI=1S/C26H17Cl2NO5/c27-21-10-6-16(12-22(21)28)7-11-24(30)33-19-9-8-18-13-20(26(32)34-23(18)14-19)25(31)29-15-17-4-2-1-3-5-17/h1-14H,15H2,(H,29,31)/b11-7+. The first-order valence-electron chi connectivity index (χ1n) is 10.1. The average molecular weight is 494 g/mol. The Balaban J connectivity index is 1.45. The minimum absolute atomic E-state index is 0.113. The van der Waals surface area contributed by atoms with Crippen molar-refractivity contribution in [2.75, 3.05) is 0 Å². The smallest absolute Gasteiger partial charge is 0.349 e. The van der Waals surface area contributed by atoms with Crippen molar-refractivity contribution in [2.45, 2.75) is 6.54 Å². The van der Waals surface area contributed by atoms with Crippen molar-refractivity contribution in [1.82, 2.24) is 5.32 Å². The number of carbonyl (C=O) groups excluding carboxylic acids is 2. The molecule has 0 unspecified atom stereocenters. The van der Waals surface area contributed by atoms with Crippen molar-refractivity contribution in [3.63, 3.8) is 0 Å². The minimum Gasteiger partial charge on any atom is -0.423 e. The Morgan fingerprint density at radius 1 is 0.941 bits per heavy atom. The van der Waals surface area contributed by atoms with Gasteiger partial charge in [0.15, 0.2) is 0 Å². The molecule has 1 heterocycles. The number of halogens is 2. The fourth-order valence-corrected chi connectivity index (χ4v) is 3.42. The van der Waals surface area contributed by atoms with Gasteiger partial charge >= 0.3 is 11.6 Å². The van der Waals surface area contributed by atoms with Gasteiger partial charge in [-0.3, -0.25) is 4.79 Å². The van der Waals surface area contributed by atoms with Gasteiger partial charge in [0.25, 0.3) is 5.91 Å². The molecule has 8 heteroatoms. The number of fused-ring (bicyclic) bond motifs is 1. The highest BCUT2D eigenvalue weighted by Gasteiger charge is 2.14. The van der Waals surface area contributed by atoms with E-state index in [0.717, 1.165) is 5.56 Å². The van der Waals surface area contributed by atoms with Crippen molar-refractivity contribution in [1.29, 1.82) is 0 Å². The zero-order chi connectivity index (χ0) is 24.1. The zero-order valence-electron chi connectivity index (χ0n) is 17.6. The van der Waals surface area contributed by atoms with Gasteiger partial charge in [0.1, 0.15) is 16.9 Å². The van der Waals surface area contributed by atoms with Crippen LogP contribution < -0.4 is 15.7 Å². The largest absolute Gasteiger partial charge is 0.423 e. The van der Waals surface area contributed by atoms with Crippen LogP contribution in [0.15, 0.2) is 88.1 Å². The molecule has 1 N–H and O–H groups in total. The van der Waals surface area contributed by atoms with Crippen LogP contribution in [-0.4, -0.2) is 11.9 Å². The summed E-state index contributed by atoms with van der Waals surface area (Å²) in [6, 6.07) is 20.3. The highest BCUT2D eigenvalue weighted by atomic mass is 35.5. The molecule has 0 saturated heterocycles. The molecule has 1 amide bonds. The summed E-state index contributed by atoms with van der Waals surface area (Å²) >= 11 is 11.8. The van der Waals surface area contributed by atoms with Crippen molar-refractivity contribution < 1.29 is 18.7 Å². The van der Waals surface area contributed by atoms with E-state index in [1.807, 2.05) is 30.3 Å². The summed E-state index contributed by atoms with van der Waals surface area (Å²) in [5.74, 6) is -0.993. The average Bonchev–Trinajstić information content (AvgIpc) is 2.83. The number of ether oxygens (including phenoxy) is 1. The second-order valence-corrected chi connectivity index (χ2v) is 8.06. The first-order chi connectivity index (χ1) is 16.4. The predicted molar refractivity (Wildman–Crippen MR) is 131 cm³/mol. The first kappa shape index (κ1) is 23.3. The highest BCUT2D eigenvalue weighted by molar-refractivity contribution is 6.42. The van der Waals surface area contributed by atoms with Crippen LogP contribution in [0.3, 0.4) is 0 Å². The number of amides is 1. The van der Waals surface area contributed by atoms with E-state index < -0.39 is 17.5 Å². The van der Waals surface area contributed by atoms with Gasteiger partial charge in [0, 0.05) is 24.1 Å². The highest BCUT2D eigenvalue weighted by Crippen LogP contribution is 2.24. The van der Waals surface area contributed by atoms with Gasteiger partial charge in [0.2, 0.25) is 0 Å². The van der Waals surface area contributed by atoms with E-state index in [4.69, 9.17) is 32.4 Å². The van der Waals surface area contributed by atoms with Crippen molar-refractivity contribution >= 4 is 52.1 Å². The molecule has 1 aromatic heterocycles. The summed E-state index contributed by atoms with van der Waals surface area (Å²) in [6.45, 7) is 0.280. The van der Waals surface area contributed by atoms with Crippen molar-refractivity contribution in [2.24, 2.45) is 0 Å². The molecule has 4 rings (SSSR count). The van der Waals surface area contributed by atoms with E-state index >= 15 is 0 Å². The quantitative estimate of drug-likeness (QED) is 0.162. The van der Waals surface area contributed by atoms with E-state index in [1.165, 1.54) is 24.3 Å². The lowest BCUT2D eigenvalue weighted by Gasteiger charge is -2.06. The Kier molecular flexibility index (Phi) is 7.11. The summed E-state index contributed by atoms with van der Waals surface area (Å²) in [5, 5.41) is 3.99. The van der Waals surface area contributed by atoms with Gasteiger partial charge in [-0.05, 0) is 47.5 Å². The van der Waals surface area contributed by atoms with Crippen LogP contribution in [-0.2, 0) is 11.3 Å². The lowest BCUT2D eigenvalue weighted by Crippen LogP contribution is -2.27. The van der Waals surface area contributed by atoms with Gasteiger partial charge in [-0.15, -0.1) is 0 Å². The molecular formula is C26H17Cl2NO5. The molecule has 0 bridgehead atoms. The third kappa shape index (κ3) is 5.73. The van der Waals surface area contributed by atoms with Crippen LogP contribution in [0.4, 0.5) is 0 Å². The number of nitrogens with one attached hydrogen (secondary N) is 1. The fourth-order valence-electron chi connectivity index (χ4n) is 3.12. The molecule has 170 valence electrons. The molecule has 0 fully saturated rings. The molecule has 6 nitrogen and oxygen atoms in total. The molecule has 0 aliphatic carbocycles. The summed E-state index contributed by atoms with van der Waals surface area (Å²) in [7, 11) is 0. The van der Waals surface area contributed by atoms with E-state index in [-0.39, 0.29) is 23.4 Å².